The molecule has 0 spiro atoms. The van der Waals surface area contributed by atoms with Crippen LogP contribution in [0.2, 0.25) is 0 Å². The maximum atomic E-state index is 10.4. The van der Waals surface area contributed by atoms with Crippen molar-refractivity contribution in [1.82, 2.24) is 15.0 Å². The zero-order chi connectivity index (χ0) is 18.9. The summed E-state index contributed by atoms with van der Waals surface area (Å²) in [5.41, 5.74) is 6.86. The van der Waals surface area contributed by atoms with Crippen molar-refractivity contribution < 1.29 is 9.94 Å². The molecule has 3 aromatic carbocycles. The van der Waals surface area contributed by atoms with Gasteiger partial charge in [-0.2, -0.15) is 0 Å². The molecule has 4 aromatic rings. The third-order valence-electron chi connectivity index (χ3n) is 4.88. The summed E-state index contributed by atoms with van der Waals surface area (Å²) in [5.74, 6) is 0. The van der Waals surface area contributed by atoms with Crippen LogP contribution < -0.4 is 0 Å². The quantitative estimate of drug-likeness (QED) is 0.482. The molecule has 1 aliphatic rings. The van der Waals surface area contributed by atoms with Gasteiger partial charge in [-0.1, -0.05) is 71.0 Å². The first-order chi connectivity index (χ1) is 13.8. The van der Waals surface area contributed by atoms with Crippen LogP contribution in [0.1, 0.15) is 11.1 Å². The Morgan fingerprint density at radius 1 is 0.857 bits per heavy atom. The van der Waals surface area contributed by atoms with Gasteiger partial charge in [0.2, 0.25) is 0 Å². The molecule has 1 atom stereocenters. The summed E-state index contributed by atoms with van der Waals surface area (Å²) in [7, 11) is 0. The highest BCUT2D eigenvalue weighted by Crippen LogP contribution is 2.36. The van der Waals surface area contributed by atoms with Gasteiger partial charge >= 0.3 is 0 Å². The van der Waals surface area contributed by atoms with E-state index in [1.165, 1.54) is 0 Å². The molecular formula is C22H18N4O2. The van der Waals surface area contributed by atoms with Gasteiger partial charge in [-0.15, -0.1) is 5.10 Å². The van der Waals surface area contributed by atoms with Gasteiger partial charge < -0.3 is 9.94 Å². The highest BCUT2D eigenvalue weighted by Gasteiger charge is 2.24. The molecule has 1 aromatic heterocycles. The lowest BCUT2D eigenvalue weighted by molar-refractivity contribution is 0.0298. The van der Waals surface area contributed by atoms with E-state index < -0.39 is 6.10 Å². The number of aromatic nitrogens is 3. The number of para-hydroxylation sites is 1. The SMILES string of the molecule is OC(CON=C1c2ccccc2-c2ccccc21)Cn1nnc2ccccc21. The Bertz CT molecular complexity index is 1130. The molecule has 1 heterocycles. The minimum absolute atomic E-state index is 0.0714. The van der Waals surface area contributed by atoms with Crippen LogP contribution in [0.5, 0.6) is 0 Å². The van der Waals surface area contributed by atoms with Crippen molar-refractivity contribution in [3.8, 4) is 11.1 Å². The molecule has 138 valence electrons. The molecule has 1 aliphatic carbocycles. The smallest absolute Gasteiger partial charge is 0.144 e. The number of hydrogen-bond acceptors (Lipinski definition) is 5. The molecule has 5 rings (SSSR count). The first-order valence-corrected chi connectivity index (χ1v) is 9.17. The van der Waals surface area contributed by atoms with Crippen LogP contribution in [-0.2, 0) is 11.4 Å². The van der Waals surface area contributed by atoms with Crippen LogP contribution in [0, 0.1) is 0 Å². The van der Waals surface area contributed by atoms with Crippen molar-refractivity contribution in [3.63, 3.8) is 0 Å². The number of hydrogen-bond donors (Lipinski definition) is 1. The number of fused-ring (bicyclic) bond motifs is 4. The van der Waals surface area contributed by atoms with Gasteiger partial charge in [0.05, 0.1) is 12.1 Å². The van der Waals surface area contributed by atoms with E-state index in [9.17, 15) is 5.11 Å². The zero-order valence-corrected chi connectivity index (χ0v) is 15.1. The molecule has 0 amide bonds. The number of rotatable bonds is 5. The maximum absolute atomic E-state index is 10.4. The van der Waals surface area contributed by atoms with E-state index in [2.05, 4.69) is 27.6 Å². The highest BCUT2D eigenvalue weighted by molar-refractivity contribution is 6.24. The Hall–Kier alpha value is -3.51. The van der Waals surface area contributed by atoms with Crippen molar-refractivity contribution in [2.45, 2.75) is 12.6 Å². The van der Waals surface area contributed by atoms with Crippen molar-refractivity contribution in [3.05, 3.63) is 83.9 Å². The molecule has 0 radical (unpaired) electrons. The first kappa shape index (κ1) is 16.6. The van der Waals surface area contributed by atoms with E-state index in [0.717, 1.165) is 39.0 Å². The lowest BCUT2D eigenvalue weighted by Crippen LogP contribution is -2.22. The topological polar surface area (TPSA) is 72.5 Å². The fourth-order valence-corrected chi connectivity index (χ4v) is 3.58. The Labute approximate surface area is 161 Å². The molecule has 0 fully saturated rings. The van der Waals surface area contributed by atoms with Gasteiger partial charge in [-0.3, -0.25) is 0 Å². The predicted octanol–water partition coefficient (Wildman–Crippen LogP) is 3.24. The summed E-state index contributed by atoms with van der Waals surface area (Å²) in [6.07, 6.45) is -0.749. The van der Waals surface area contributed by atoms with E-state index in [1.54, 1.807) is 4.68 Å². The van der Waals surface area contributed by atoms with Crippen molar-refractivity contribution in [2.24, 2.45) is 5.16 Å². The molecule has 0 saturated carbocycles. The van der Waals surface area contributed by atoms with E-state index in [0.29, 0.717) is 6.54 Å². The average Bonchev–Trinajstić information content (AvgIpc) is 3.28. The fourth-order valence-electron chi connectivity index (χ4n) is 3.58. The van der Waals surface area contributed by atoms with Gasteiger partial charge in [-0.25, -0.2) is 4.68 Å². The van der Waals surface area contributed by atoms with Crippen LogP contribution in [0.3, 0.4) is 0 Å². The number of oxime groups is 1. The molecule has 1 N–H and O–H groups in total. The van der Waals surface area contributed by atoms with Gasteiger partial charge in [-0.05, 0) is 23.3 Å². The standard InChI is InChI=1S/C22H18N4O2/c27-15(13-26-21-12-6-5-11-20(21)23-25-26)14-28-24-22-18-9-3-1-7-16(18)17-8-2-4-10-19(17)22/h1-12,15,27H,13-14H2. The second kappa shape index (κ2) is 6.90. The molecule has 0 aliphatic heterocycles. The third kappa shape index (κ3) is 2.84. The molecule has 1 unspecified atom stereocenters. The third-order valence-corrected chi connectivity index (χ3v) is 4.88. The summed E-state index contributed by atoms with van der Waals surface area (Å²) >= 11 is 0. The van der Waals surface area contributed by atoms with E-state index in [1.807, 2.05) is 60.7 Å². The number of aliphatic hydroxyl groups excluding tert-OH is 1. The van der Waals surface area contributed by atoms with Gasteiger partial charge in [0, 0.05) is 11.1 Å². The Kier molecular flexibility index (Phi) is 4.10. The summed E-state index contributed by atoms with van der Waals surface area (Å²) in [6, 6.07) is 23.9. The molecular weight excluding hydrogens is 352 g/mol. The fraction of sp³-hybridized carbons (Fsp3) is 0.136. The lowest BCUT2D eigenvalue weighted by Gasteiger charge is -2.10. The Morgan fingerprint density at radius 3 is 2.18 bits per heavy atom. The average molecular weight is 370 g/mol. The van der Waals surface area contributed by atoms with Crippen molar-refractivity contribution >= 4 is 16.7 Å². The van der Waals surface area contributed by atoms with Crippen molar-refractivity contribution in [1.29, 1.82) is 0 Å². The van der Waals surface area contributed by atoms with Crippen LogP contribution >= 0.6 is 0 Å². The molecule has 0 saturated heterocycles. The largest absolute Gasteiger partial charge is 0.392 e. The van der Waals surface area contributed by atoms with Crippen LogP contribution in [0.15, 0.2) is 78.0 Å². The first-order valence-electron chi connectivity index (χ1n) is 9.17. The summed E-state index contributed by atoms with van der Waals surface area (Å²) in [5, 5.41) is 22.9. The Balaban J connectivity index is 1.33. The second-order valence-corrected chi connectivity index (χ2v) is 6.74. The van der Waals surface area contributed by atoms with Crippen LogP contribution in [0.4, 0.5) is 0 Å². The molecule has 28 heavy (non-hydrogen) atoms. The van der Waals surface area contributed by atoms with Crippen LogP contribution in [0.25, 0.3) is 22.2 Å². The van der Waals surface area contributed by atoms with Gasteiger partial charge in [0.1, 0.15) is 23.9 Å². The monoisotopic (exact) mass is 370 g/mol. The Morgan fingerprint density at radius 2 is 1.46 bits per heavy atom. The van der Waals surface area contributed by atoms with Gasteiger partial charge in [0.25, 0.3) is 0 Å². The highest BCUT2D eigenvalue weighted by atomic mass is 16.6. The summed E-state index contributed by atoms with van der Waals surface area (Å²) < 4.78 is 1.68. The predicted molar refractivity (Wildman–Crippen MR) is 107 cm³/mol. The van der Waals surface area contributed by atoms with E-state index in [4.69, 9.17) is 4.84 Å². The number of nitrogens with zero attached hydrogens (tertiary/aromatic N) is 4. The number of benzene rings is 3. The van der Waals surface area contributed by atoms with E-state index >= 15 is 0 Å². The van der Waals surface area contributed by atoms with Gasteiger partial charge in [0.15, 0.2) is 0 Å². The maximum Gasteiger partial charge on any atom is 0.144 e. The molecule has 6 nitrogen and oxygen atoms in total. The second-order valence-electron chi connectivity index (χ2n) is 6.74. The minimum atomic E-state index is -0.749. The summed E-state index contributed by atoms with van der Waals surface area (Å²) in [4.78, 5) is 5.53. The van der Waals surface area contributed by atoms with Crippen LogP contribution in [-0.4, -0.2) is 38.5 Å². The summed E-state index contributed by atoms with van der Waals surface area (Å²) in [6.45, 7) is 0.362. The number of aliphatic hydroxyl groups is 1. The molecule has 0 bridgehead atoms. The normalized spacial score (nSPS) is 13.2. The lowest BCUT2D eigenvalue weighted by atomic mass is 10.1. The van der Waals surface area contributed by atoms with E-state index in [-0.39, 0.29) is 6.61 Å². The van der Waals surface area contributed by atoms with Crippen molar-refractivity contribution in [2.75, 3.05) is 6.61 Å². The minimum Gasteiger partial charge on any atom is -0.392 e. The molecule has 6 heteroatoms. The zero-order valence-electron chi connectivity index (χ0n) is 15.1.